The van der Waals surface area contributed by atoms with E-state index in [4.69, 9.17) is 27.9 Å². The van der Waals surface area contributed by atoms with Gasteiger partial charge in [-0.15, -0.1) is 0 Å². The molecule has 2 aliphatic rings. The van der Waals surface area contributed by atoms with Crippen molar-refractivity contribution in [3.8, 4) is 0 Å². The molecule has 3 rings (SSSR count). The minimum absolute atomic E-state index is 0.0863. The lowest BCUT2D eigenvalue weighted by molar-refractivity contribution is 0.0698. The van der Waals surface area contributed by atoms with Gasteiger partial charge in [-0.2, -0.15) is 17.0 Å². The first-order chi connectivity index (χ1) is 9.98. The largest absolute Gasteiger partial charge is 0.379 e. The molecule has 2 aliphatic heterocycles. The van der Waals surface area contributed by atoms with E-state index < -0.39 is 10.2 Å². The molecule has 7 nitrogen and oxygen atoms in total. The Morgan fingerprint density at radius 3 is 2.48 bits per heavy atom. The number of fused-ring (bicyclic) bond motifs is 1. The molecule has 0 bridgehead atoms. The van der Waals surface area contributed by atoms with Crippen molar-refractivity contribution in [1.82, 2.24) is 18.6 Å². The second-order valence-corrected chi connectivity index (χ2v) is 7.44. The maximum Gasteiger partial charge on any atom is 0.282 e. The summed E-state index contributed by atoms with van der Waals surface area (Å²) in [5.74, 6) is 0. The van der Waals surface area contributed by atoms with Gasteiger partial charge < -0.3 is 4.74 Å². The summed E-state index contributed by atoms with van der Waals surface area (Å²) >= 11 is 11.8. The second-order valence-electron chi connectivity index (χ2n) is 4.81. The average Bonchev–Trinajstić information content (AvgIpc) is 2.47. The summed E-state index contributed by atoms with van der Waals surface area (Å²) in [7, 11) is -3.52. The van der Waals surface area contributed by atoms with E-state index in [0.717, 1.165) is 0 Å². The van der Waals surface area contributed by atoms with Crippen LogP contribution in [0.4, 0.5) is 0 Å². The molecular formula is C11H14Cl2N4O3S. The van der Waals surface area contributed by atoms with Crippen LogP contribution in [0.5, 0.6) is 0 Å². The highest BCUT2D eigenvalue weighted by atomic mass is 35.5. The predicted molar refractivity (Wildman–Crippen MR) is 77.5 cm³/mol. The Bertz CT molecular complexity index is 649. The maximum absolute atomic E-state index is 12.6. The number of aromatic nitrogens is 2. The summed E-state index contributed by atoms with van der Waals surface area (Å²) in [6, 6.07) is 0. The van der Waals surface area contributed by atoms with Crippen LogP contribution >= 0.6 is 23.2 Å². The molecule has 116 valence electrons. The average molecular weight is 353 g/mol. The van der Waals surface area contributed by atoms with Crippen molar-refractivity contribution in [2.75, 3.05) is 32.8 Å². The number of hydrogen-bond acceptors (Lipinski definition) is 5. The van der Waals surface area contributed by atoms with Gasteiger partial charge in [-0.3, -0.25) is 0 Å². The van der Waals surface area contributed by atoms with Gasteiger partial charge in [0.15, 0.2) is 0 Å². The molecule has 0 unspecified atom stereocenters. The van der Waals surface area contributed by atoms with E-state index >= 15 is 0 Å². The zero-order valence-electron chi connectivity index (χ0n) is 11.1. The lowest BCUT2D eigenvalue weighted by Gasteiger charge is -2.34. The summed E-state index contributed by atoms with van der Waals surface area (Å²) in [6.07, 6.45) is 0.473. The summed E-state index contributed by atoms with van der Waals surface area (Å²) in [4.78, 5) is 8.00. The summed E-state index contributed by atoms with van der Waals surface area (Å²) in [5.41, 5.74) is 1.34. The van der Waals surface area contributed by atoms with Gasteiger partial charge >= 0.3 is 0 Å². The Labute approximate surface area is 133 Å². The Balaban J connectivity index is 1.85. The topological polar surface area (TPSA) is 75.6 Å². The zero-order chi connectivity index (χ0) is 15.0. The SMILES string of the molecule is O=S(=O)(N1CCOCC1)N1CCc2nc(Cl)nc(Cl)c2C1. The molecule has 1 aromatic heterocycles. The highest BCUT2D eigenvalue weighted by Crippen LogP contribution is 2.27. The first-order valence-corrected chi connectivity index (χ1v) is 8.67. The minimum Gasteiger partial charge on any atom is -0.379 e. The van der Waals surface area contributed by atoms with Gasteiger partial charge in [-0.05, 0) is 11.6 Å². The Morgan fingerprint density at radius 1 is 1.05 bits per heavy atom. The molecule has 0 aromatic carbocycles. The number of hydrogen-bond donors (Lipinski definition) is 0. The van der Waals surface area contributed by atoms with Crippen molar-refractivity contribution in [3.05, 3.63) is 21.7 Å². The molecule has 0 amide bonds. The van der Waals surface area contributed by atoms with E-state index in [9.17, 15) is 8.42 Å². The van der Waals surface area contributed by atoms with Crippen molar-refractivity contribution < 1.29 is 13.2 Å². The van der Waals surface area contributed by atoms with Gasteiger partial charge in [0.05, 0.1) is 18.9 Å². The third-order valence-corrected chi connectivity index (χ3v) is 6.03. The van der Waals surface area contributed by atoms with Gasteiger partial charge in [0.25, 0.3) is 10.2 Å². The van der Waals surface area contributed by atoms with Gasteiger partial charge in [-0.1, -0.05) is 11.6 Å². The molecule has 21 heavy (non-hydrogen) atoms. The second kappa shape index (κ2) is 5.94. The van der Waals surface area contributed by atoms with Crippen LogP contribution in [0.15, 0.2) is 0 Å². The van der Waals surface area contributed by atoms with Gasteiger partial charge in [0, 0.05) is 38.2 Å². The van der Waals surface area contributed by atoms with Crippen LogP contribution in [0.3, 0.4) is 0 Å². The molecule has 1 fully saturated rings. The number of nitrogens with zero attached hydrogens (tertiary/aromatic N) is 4. The molecule has 0 aliphatic carbocycles. The first-order valence-electron chi connectivity index (χ1n) is 6.52. The van der Waals surface area contributed by atoms with Gasteiger partial charge in [0.2, 0.25) is 5.28 Å². The molecule has 1 aromatic rings. The van der Waals surface area contributed by atoms with Crippen LogP contribution in [0, 0.1) is 0 Å². The van der Waals surface area contributed by atoms with Gasteiger partial charge in [0.1, 0.15) is 5.15 Å². The Morgan fingerprint density at radius 2 is 1.76 bits per heavy atom. The molecule has 3 heterocycles. The van der Waals surface area contributed by atoms with Crippen LogP contribution in [0.25, 0.3) is 0 Å². The Kier molecular flexibility index (Phi) is 4.35. The summed E-state index contributed by atoms with van der Waals surface area (Å²) in [5, 5.41) is 0.301. The Hall–Kier alpha value is -0.510. The van der Waals surface area contributed by atoms with Crippen molar-refractivity contribution in [2.24, 2.45) is 0 Å². The fraction of sp³-hybridized carbons (Fsp3) is 0.636. The minimum atomic E-state index is -3.52. The van der Waals surface area contributed by atoms with E-state index in [1.165, 1.54) is 8.61 Å². The lowest BCUT2D eigenvalue weighted by atomic mass is 10.1. The monoisotopic (exact) mass is 352 g/mol. The molecule has 0 radical (unpaired) electrons. The van der Waals surface area contributed by atoms with E-state index in [-0.39, 0.29) is 17.0 Å². The highest BCUT2D eigenvalue weighted by molar-refractivity contribution is 7.86. The van der Waals surface area contributed by atoms with Crippen LogP contribution in [-0.4, -0.2) is 59.8 Å². The highest BCUT2D eigenvalue weighted by Gasteiger charge is 2.34. The quantitative estimate of drug-likeness (QED) is 0.579. The predicted octanol–water partition coefficient (Wildman–Crippen LogP) is 0.719. The van der Waals surface area contributed by atoms with Crippen molar-refractivity contribution in [2.45, 2.75) is 13.0 Å². The number of halogens is 2. The van der Waals surface area contributed by atoms with Crippen molar-refractivity contribution >= 4 is 33.4 Å². The molecular weight excluding hydrogens is 339 g/mol. The number of rotatable bonds is 2. The fourth-order valence-electron chi connectivity index (χ4n) is 2.46. The van der Waals surface area contributed by atoms with Crippen LogP contribution in [0.2, 0.25) is 10.4 Å². The standard InChI is InChI=1S/C11H14Cl2N4O3S/c12-10-8-7-17(2-1-9(8)14-11(13)15-10)21(18,19)16-3-5-20-6-4-16/h1-7H2. The molecule has 0 saturated carbocycles. The molecule has 0 spiro atoms. The first kappa shape index (κ1) is 15.4. The zero-order valence-corrected chi connectivity index (χ0v) is 13.5. The maximum atomic E-state index is 12.6. The van der Waals surface area contributed by atoms with Gasteiger partial charge in [-0.25, -0.2) is 9.97 Å². The number of ether oxygens (including phenoxy) is 1. The summed E-state index contributed by atoms with van der Waals surface area (Å²) < 4.78 is 33.3. The van der Waals surface area contributed by atoms with E-state index in [0.29, 0.717) is 50.5 Å². The van der Waals surface area contributed by atoms with Crippen LogP contribution in [0.1, 0.15) is 11.3 Å². The van der Waals surface area contributed by atoms with Crippen LogP contribution in [-0.2, 0) is 27.9 Å². The van der Waals surface area contributed by atoms with E-state index in [1.54, 1.807) is 0 Å². The fourth-order valence-corrected chi connectivity index (χ4v) is 4.49. The lowest BCUT2D eigenvalue weighted by Crippen LogP contribution is -2.49. The smallest absolute Gasteiger partial charge is 0.282 e. The third kappa shape index (κ3) is 3.01. The van der Waals surface area contributed by atoms with E-state index in [2.05, 4.69) is 9.97 Å². The molecule has 0 atom stereocenters. The van der Waals surface area contributed by atoms with Crippen molar-refractivity contribution in [3.63, 3.8) is 0 Å². The molecule has 1 saturated heterocycles. The normalized spacial score (nSPS) is 21.2. The number of morpholine rings is 1. The van der Waals surface area contributed by atoms with Crippen LogP contribution < -0.4 is 0 Å². The van der Waals surface area contributed by atoms with E-state index in [1.807, 2.05) is 0 Å². The van der Waals surface area contributed by atoms with Crippen molar-refractivity contribution in [1.29, 1.82) is 0 Å². The molecule has 10 heteroatoms. The summed E-state index contributed by atoms with van der Waals surface area (Å²) in [6.45, 7) is 2.11. The molecule has 0 N–H and O–H groups in total. The third-order valence-electron chi connectivity index (χ3n) is 3.57.